The molecule has 1 amide bonds. The highest BCUT2D eigenvalue weighted by Gasteiger charge is 2.31. The molecule has 2 aliphatic heterocycles. The number of nitrogens with zero attached hydrogens (tertiary/aromatic N) is 5. The molecular weight excluding hydrogens is 434 g/mol. The molecule has 2 aromatic rings. The number of piperazine rings is 1. The van der Waals surface area contributed by atoms with Crippen molar-refractivity contribution in [2.75, 3.05) is 44.3 Å². The number of hydrogen-bond acceptors (Lipinski definition) is 7. The van der Waals surface area contributed by atoms with Crippen LogP contribution in [-0.4, -0.2) is 65.1 Å². The number of nitro groups is 1. The first-order valence-electron chi connectivity index (χ1n) is 12.1. The van der Waals surface area contributed by atoms with Crippen molar-refractivity contribution in [2.45, 2.75) is 46.0 Å². The van der Waals surface area contributed by atoms with Crippen LogP contribution in [0.2, 0.25) is 0 Å². The van der Waals surface area contributed by atoms with Gasteiger partial charge in [-0.2, -0.15) is 0 Å². The molecule has 1 aromatic heterocycles. The van der Waals surface area contributed by atoms with E-state index in [0.717, 1.165) is 41.3 Å². The van der Waals surface area contributed by atoms with Crippen LogP contribution in [0, 0.1) is 23.0 Å². The lowest BCUT2D eigenvalue weighted by atomic mass is 10.0. The third kappa shape index (κ3) is 5.19. The van der Waals surface area contributed by atoms with Crippen LogP contribution in [0.25, 0.3) is 0 Å². The first-order chi connectivity index (χ1) is 16.4. The fourth-order valence-electron chi connectivity index (χ4n) is 4.54. The molecule has 0 saturated carbocycles. The molecule has 0 bridgehead atoms. The minimum atomic E-state index is -0.386. The van der Waals surface area contributed by atoms with Crippen LogP contribution in [0.4, 0.5) is 11.5 Å². The number of amides is 1. The normalized spacial score (nSPS) is 19.3. The molecule has 34 heavy (non-hydrogen) atoms. The van der Waals surface area contributed by atoms with Gasteiger partial charge in [0.15, 0.2) is 0 Å². The molecule has 9 nitrogen and oxygen atoms in total. The van der Waals surface area contributed by atoms with Crippen molar-refractivity contribution in [3.05, 3.63) is 57.0 Å². The van der Waals surface area contributed by atoms with E-state index in [1.54, 1.807) is 12.1 Å². The van der Waals surface area contributed by atoms with Crippen LogP contribution in [0.1, 0.15) is 55.3 Å². The summed E-state index contributed by atoms with van der Waals surface area (Å²) in [5, 5.41) is 11.0. The SMILES string of the molecule is CC[C@@H](C)c1nc(C)c(Cc2ccc([N+](=O)[O-])cc2)c(N2CCN(C(=O)[C@@H]3CCOC3)CC2)n1. The molecule has 182 valence electrons. The Kier molecular flexibility index (Phi) is 7.41. The van der Waals surface area contributed by atoms with E-state index in [9.17, 15) is 14.9 Å². The third-order valence-corrected chi connectivity index (χ3v) is 6.96. The number of aromatic nitrogens is 2. The average molecular weight is 468 g/mol. The number of carbonyl (C=O) groups is 1. The number of non-ortho nitro benzene ring substituents is 1. The Balaban J connectivity index is 1.57. The molecule has 4 rings (SSSR count). The highest BCUT2D eigenvalue weighted by molar-refractivity contribution is 5.79. The third-order valence-electron chi connectivity index (χ3n) is 6.96. The Hall–Kier alpha value is -3.07. The smallest absolute Gasteiger partial charge is 0.269 e. The second-order valence-corrected chi connectivity index (χ2v) is 9.25. The quantitative estimate of drug-likeness (QED) is 0.454. The van der Waals surface area contributed by atoms with E-state index in [1.807, 2.05) is 11.8 Å². The van der Waals surface area contributed by atoms with Gasteiger partial charge in [-0.15, -0.1) is 0 Å². The number of hydrogen-bond donors (Lipinski definition) is 0. The van der Waals surface area contributed by atoms with Crippen LogP contribution in [-0.2, 0) is 16.0 Å². The molecule has 0 aliphatic carbocycles. The summed E-state index contributed by atoms with van der Waals surface area (Å²) in [5.74, 6) is 2.18. The van der Waals surface area contributed by atoms with Gasteiger partial charge in [-0.3, -0.25) is 14.9 Å². The lowest BCUT2D eigenvalue weighted by Crippen LogP contribution is -2.51. The second kappa shape index (κ2) is 10.5. The Bertz CT molecular complexity index is 1030. The zero-order valence-corrected chi connectivity index (χ0v) is 20.2. The predicted molar refractivity (Wildman–Crippen MR) is 129 cm³/mol. The van der Waals surface area contributed by atoms with E-state index in [1.165, 1.54) is 12.1 Å². The van der Waals surface area contributed by atoms with Crippen LogP contribution in [0.5, 0.6) is 0 Å². The first kappa shape index (κ1) is 24.1. The molecule has 0 spiro atoms. The monoisotopic (exact) mass is 467 g/mol. The van der Waals surface area contributed by atoms with E-state index in [0.29, 0.717) is 45.8 Å². The number of rotatable bonds is 7. The van der Waals surface area contributed by atoms with Crippen LogP contribution in [0.3, 0.4) is 0 Å². The Morgan fingerprint density at radius 2 is 1.91 bits per heavy atom. The van der Waals surface area contributed by atoms with Gasteiger partial charge in [0, 0.05) is 68.5 Å². The highest BCUT2D eigenvalue weighted by Crippen LogP contribution is 2.29. The Morgan fingerprint density at radius 1 is 1.21 bits per heavy atom. The van der Waals surface area contributed by atoms with E-state index in [4.69, 9.17) is 14.7 Å². The molecular formula is C25H33N5O4. The second-order valence-electron chi connectivity index (χ2n) is 9.25. The van der Waals surface area contributed by atoms with E-state index >= 15 is 0 Å². The summed E-state index contributed by atoms with van der Waals surface area (Å²) in [4.78, 5) is 37.5. The van der Waals surface area contributed by atoms with E-state index in [-0.39, 0.29) is 28.4 Å². The van der Waals surface area contributed by atoms with Gasteiger partial charge in [-0.25, -0.2) is 9.97 Å². The van der Waals surface area contributed by atoms with Gasteiger partial charge < -0.3 is 14.5 Å². The van der Waals surface area contributed by atoms with Gasteiger partial charge in [0.2, 0.25) is 5.91 Å². The zero-order valence-electron chi connectivity index (χ0n) is 20.2. The fourth-order valence-corrected chi connectivity index (χ4v) is 4.54. The predicted octanol–water partition coefficient (Wildman–Crippen LogP) is 3.48. The van der Waals surface area contributed by atoms with Gasteiger partial charge in [-0.1, -0.05) is 26.0 Å². The van der Waals surface area contributed by atoms with Crippen LogP contribution in [0.15, 0.2) is 24.3 Å². The van der Waals surface area contributed by atoms with Crippen molar-refractivity contribution in [1.82, 2.24) is 14.9 Å². The molecule has 0 unspecified atom stereocenters. The molecule has 9 heteroatoms. The summed E-state index contributed by atoms with van der Waals surface area (Å²) in [6, 6.07) is 6.67. The molecule has 3 heterocycles. The summed E-state index contributed by atoms with van der Waals surface area (Å²) < 4.78 is 5.40. The highest BCUT2D eigenvalue weighted by atomic mass is 16.6. The van der Waals surface area contributed by atoms with Crippen molar-refractivity contribution >= 4 is 17.4 Å². The zero-order chi connectivity index (χ0) is 24.2. The lowest BCUT2D eigenvalue weighted by Gasteiger charge is -2.37. The van der Waals surface area contributed by atoms with Crippen molar-refractivity contribution in [1.29, 1.82) is 0 Å². The summed E-state index contributed by atoms with van der Waals surface area (Å²) in [6.45, 7) is 10.2. The number of benzene rings is 1. The van der Waals surface area contributed by atoms with Gasteiger partial charge in [0.05, 0.1) is 17.4 Å². The molecule has 0 N–H and O–H groups in total. The van der Waals surface area contributed by atoms with E-state index < -0.39 is 0 Å². The van der Waals surface area contributed by atoms with Gasteiger partial charge in [0.25, 0.3) is 5.69 Å². The largest absolute Gasteiger partial charge is 0.381 e. The van der Waals surface area contributed by atoms with Crippen molar-refractivity contribution < 1.29 is 14.5 Å². The number of ether oxygens (including phenoxy) is 1. The molecule has 1 aromatic carbocycles. The van der Waals surface area contributed by atoms with Crippen molar-refractivity contribution in [3.63, 3.8) is 0 Å². The minimum absolute atomic E-state index is 0.0115. The maximum absolute atomic E-state index is 12.8. The maximum Gasteiger partial charge on any atom is 0.269 e. The number of anilines is 1. The summed E-state index contributed by atoms with van der Waals surface area (Å²) >= 11 is 0. The van der Waals surface area contributed by atoms with Gasteiger partial charge in [-0.05, 0) is 25.3 Å². The van der Waals surface area contributed by atoms with Crippen molar-refractivity contribution in [3.8, 4) is 0 Å². The van der Waals surface area contributed by atoms with Gasteiger partial charge >= 0.3 is 0 Å². The van der Waals surface area contributed by atoms with E-state index in [2.05, 4.69) is 18.7 Å². The average Bonchev–Trinajstić information content (AvgIpc) is 3.39. The maximum atomic E-state index is 12.8. The number of nitro benzene ring substituents is 1. The topological polar surface area (TPSA) is 102 Å². The summed E-state index contributed by atoms with van der Waals surface area (Å²) in [7, 11) is 0. The summed E-state index contributed by atoms with van der Waals surface area (Å²) in [5.41, 5.74) is 3.02. The lowest BCUT2D eigenvalue weighted by molar-refractivity contribution is -0.384. The first-order valence-corrected chi connectivity index (χ1v) is 12.1. The minimum Gasteiger partial charge on any atom is -0.381 e. The molecule has 2 aliphatic rings. The Labute approximate surface area is 200 Å². The summed E-state index contributed by atoms with van der Waals surface area (Å²) in [6.07, 6.45) is 2.35. The van der Waals surface area contributed by atoms with Crippen LogP contribution >= 0.6 is 0 Å². The van der Waals surface area contributed by atoms with Gasteiger partial charge in [0.1, 0.15) is 11.6 Å². The molecule has 2 saturated heterocycles. The number of aryl methyl sites for hydroxylation is 1. The number of carbonyl (C=O) groups excluding carboxylic acids is 1. The standard InChI is InChI=1S/C25H33N5O4/c1-4-17(2)23-26-18(3)22(15-19-5-7-21(8-6-19)30(32)33)24(27-23)28-10-12-29(13-11-28)25(31)20-9-14-34-16-20/h5-8,17,20H,4,9-16H2,1-3H3/t17-,20-/m1/s1. The fraction of sp³-hybridized carbons (Fsp3) is 0.560. The molecule has 0 radical (unpaired) electrons. The van der Waals surface area contributed by atoms with Crippen molar-refractivity contribution in [2.24, 2.45) is 5.92 Å². The Morgan fingerprint density at radius 3 is 2.50 bits per heavy atom. The molecule has 2 atom stereocenters. The molecule has 2 fully saturated rings. The van der Waals surface area contributed by atoms with Crippen LogP contribution < -0.4 is 4.90 Å².